The lowest BCUT2D eigenvalue weighted by Crippen LogP contribution is -2.45. The van der Waals surface area contributed by atoms with Gasteiger partial charge >= 0.3 is 0 Å². The molecule has 0 unspecified atom stereocenters. The summed E-state index contributed by atoms with van der Waals surface area (Å²) in [4.78, 5) is 2.55. The number of likely N-dealkylation sites (tertiary alicyclic amines) is 1. The summed E-state index contributed by atoms with van der Waals surface area (Å²) in [7, 11) is 0. The van der Waals surface area contributed by atoms with E-state index in [1.54, 1.807) is 0 Å². The van der Waals surface area contributed by atoms with E-state index < -0.39 is 0 Å². The Kier molecular flexibility index (Phi) is 4.04. The van der Waals surface area contributed by atoms with Crippen LogP contribution in [-0.4, -0.2) is 35.2 Å². The zero-order valence-electron chi connectivity index (χ0n) is 9.99. The molecule has 0 aromatic heterocycles. The van der Waals surface area contributed by atoms with Crippen molar-refractivity contribution in [2.45, 2.75) is 64.0 Å². The van der Waals surface area contributed by atoms with Gasteiger partial charge in [0.1, 0.15) is 0 Å². The number of rotatable bonds is 3. The van der Waals surface area contributed by atoms with Crippen LogP contribution in [0.5, 0.6) is 0 Å². The van der Waals surface area contributed by atoms with Crippen LogP contribution in [0.15, 0.2) is 0 Å². The minimum atomic E-state index is -0.0345. The summed E-state index contributed by atoms with van der Waals surface area (Å²) in [5, 5.41) is 9.87. The van der Waals surface area contributed by atoms with Crippen molar-refractivity contribution in [1.82, 2.24) is 4.90 Å². The quantitative estimate of drug-likeness (QED) is 0.775. The topological polar surface area (TPSA) is 23.5 Å². The van der Waals surface area contributed by atoms with Gasteiger partial charge < -0.3 is 5.11 Å². The molecule has 0 radical (unpaired) electrons. The van der Waals surface area contributed by atoms with Gasteiger partial charge in [-0.15, -0.1) is 0 Å². The third kappa shape index (κ3) is 2.73. The van der Waals surface area contributed by atoms with Gasteiger partial charge in [0.15, 0.2) is 0 Å². The fourth-order valence-corrected chi connectivity index (χ4v) is 3.33. The molecule has 0 bridgehead atoms. The molecule has 1 aliphatic heterocycles. The second-order valence-electron chi connectivity index (χ2n) is 5.33. The number of hydrogen-bond donors (Lipinski definition) is 1. The fraction of sp³-hybridized carbons (Fsp3) is 1.00. The molecule has 1 saturated heterocycles. The Morgan fingerprint density at radius 1 is 1.13 bits per heavy atom. The molecule has 1 N–H and O–H groups in total. The Hall–Kier alpha value is -0.0800. The molecule has 1 heterocycles. The summed E-state index contributed by atoms with van der Waals surface area (Å²) < 4.78 is 0. The van der Waals surface area contributed by atoms with E-state index in [2.05, 4.69) is 11.8 Å². The van der Waals surface area contributed by atoms with E-state index in [1.807, 2.05) is 0 Å². The molecule has 2 heteroatoms. The molecule has 0 amide bonds. The Labute approximate surface area is 93.7 Å². The largest absolute Gasteiger partial charge is 0.391 e. The summed E-state index contributed by atoms with van der Waals surface area (Å²) in [5.41, 5.74) is 0. The minimum absolute atomic E-state index is 0.0345. The molecule has 0 spiro atoms. The average Bonchev–Trinajstić information content (AvgIpc) is 2.66. The Bertz CT molecular complexity index is 187. The van der Waals surface area contributed by atoms with E-state index in [-0.39, 0.29) is 6.10 Å². The van der Waals surface area contributed by atoms with Gasteiger partial charge in [-0.3, -0.25) is 4.90 Å². The lowest BCUT2D eigenvalue weighted by Gasteiger charge is -2.37. The highest BCUT2D eigenvalue weighted by Gasteiger charge is 2.32. The highest BCUT2D eigenvalue weighted by molar-refractivity contribution is 4.87. The lowest BCUT2D eigenvalue weighted by molar-refractivity contribution is 0.0471. The van der Waals surface area contributed by atoms with Crippen molar-refractivity contribution in [2.75, 3.05) is 13.1 Å². The van der Waals surface area contributed by atoms with Crippen LogP contribution < -0.4 is 0 Å². The van der Waals surface area contributed by atoms with Crippen molar-refractivity contribution >= 4 is 0 Å². The molecule has 0 aromatic rings. The monoisotopic (exact) mass is 211 g/mol. The van der Waals surface area contributed by atoms with E-state index in [1.165, 1.54) is 51.6 Å². The highest BCUT2D eigenvalue weighted by atomic mass is 16.3. The normalized spacial score (nSPS) is 34.8. The molecule has 2 fully saturated rings. The van der Waals surface area contributed by atoms with Crippen molar-refractivity contribution in [2.24, 2.45) is 5.92 Å². The van der Waals surface area contributed by atoms with Gasteiger partial charge in [0, 0.05) is 6.04 Å². The number of piperidine rings is 1. The van der Waals surface area contributed by atoms with Crippen LogP contribution in [-0.2, 0) is 0 Å². The molecular formula is C13H25NO. The third-order valence-corrected chi connectivity index (χ3v) is 4.26. The first kappa shape index (κ1) is 11.4. The van der Waals surface area contributed by atoms with Crippen LogP contribution >= 0.6 is 0 Å². The first-order valence-corrected chi connectivity index (χ1v) is 6.73. The maximum Gasteiger partial charge on any atom is 0.0695 e. The lowest BCUT2D eigenvalue weighted by atomic mass is 9.91. The summed E-state index contributed by atoms with van der Waals surface area (Å²) in [5.74, 6) is 0.963. The maximum absolute atomic E-state index is 9.87. The van der Waals surface area contributed by atoms with Crippen LogP contribution in [0.1, 0.15) is 51.9 Å². The molecule has 1 saturated carbocycles. The van der Waals surface area contributed by atoms with Gasteiger partial charge in [-0.2, -0.15) is 0 Å². The maximum atomic E-state index is 9.87. The summed E-state index contributed by atoms with van der Waals surface area (Å²) in [6, 6.07) is 0.493. The van der Waals surface area contributed by atoms with Crippen LogP contribution in [0, 0.1) is 5.92 Å². The van der Waals surface area contributed by atoms with Gasteiger partial charge in [0.05, 0.1) is 6.10 Å². The zero-order valence-corrected chi connectivity index (χ0v) is 9.99. The Morgan fingerprint density at radius 3 is 2.40 bits per heavy atom. The molecule has 2 atom stereocenters. The zero-order chi connectivity index (χ0) is 10.7. The van der Waals surface area contributed by atoms with Crippen molar-refractivity contribution in [3.63, 3.8) is 0 Å². The Balaban J connectivity index is 1.77. The molecular weight excluding hydrogens is 186 g/mol. The first-order chi connectivity index (χ1) is 7.31. The van der Waals surface area contributed by atoms with E-state index in [0.717, 1.165) is 12.3 Å². The van der Waals surface area contributed by atoms with E-state index in [4.69, 9.17) is 0 Å². The number of hydrogen-bond acceptors (Lipinski definition) is 2. The minimum Gasteiger partial charge on any atom is -0.391 e. The van der Waals surface area contributed by atoms with Gasteiger partial charge in [-0.1, -0.05) is 19.8 Å². The molecule has 2 aliphatic rings. The standard InChI is InChI=1S/C13H25NO/c1-2-4-11-7-9-14(10-8-11)12-5-3-6-13(12)15/h11-13,15H,2-10H2,1H3/t12-,13-/m1/s1. The average molecular weight is 211 g/mol. The molecule has 2 nitrogen and oxygen atoms in total. The molecule has 15 heavy (non-hydrogen) atoms. The van der Waals surface area contributed by atoms with Gasteiger partial charge in [-0.05, 0) is 51.1 Å². The summed E-state index contributed by atoms with van der Waals surface area (Å²) >= 11 is 0. The van der Waals surface area contributed by atoms with Crippen LogP contribution in [0.25, 0.3) is 0 Å². The van der Waals surface area contributed by atoms with Crippen molar-refractivity contribution in [1.29, 1.82) is 0 Å². The fourth-order valence-electron chi connectivity index (χ4n) is 3.33. The first-order valence-electron chi connectivity index (χ1n) is 6.73. The summed E-state index contributed by atoms with van der Waals surface area (Å²) in [6.07, 6.45) is 8.89. The molecule has 88 valence electrons. The van der Waals surface area contributed by atoms with Crippen molar-refractivity contribution < 1.29 is 5.11 Å². The second-order valence-corrected chi connectivity index (χ2v) is 5.33. The third-order valence-electron chi connectivity index (χ3n) is 4.26. The summed E-state index contributed by atoms with van der Waals surface area (Å²) in [6.45, 7) is 4.74. The van der Waals surface area contributed by atoms with Crippen LogP contribution in [0.3, 0.4) is 0 Å². The highest BCUT2D eigenvalue weighted by Crippen LogP contribution is 2.29. The smallest absolute Gasteiger partial charge is 0.0695 e. The molecule has 0 aromatic carbocycles. The van der Waals surface area contributed by atoms with Crippen molar-refractivity contribution in [3.8, 4) is 0 Å². The number of aliphatic hydroxyl groups is 1. The van der Waals surface area contributed by atoms with E-state index >= 15 is 0 Å². The number of nitrogens with zero attached hydrogens (tertiary/aromatic N) is 1. The Morgan fingerprint density at radius 2 is 1.87 bits per heavy atom. The van der Waals surface area contributed by atoms with Gasteiger partial charge in [-0.25, -0.2) is 0 Å². The van der Waals surface area contributed by atoms with Crippen molar-refractivity contribution in [3.05, 3.63) is 0 Å². The molecule has 1 aliphatic carbocycles. The predicted molar refractivity (Wildman–Crippen MR) is 62.9 cm³/mol. The van der Waals surface area contributed by atoms with Crippen LogP contribution in [0.2, 0.25) is 0 Å². The molecule has 2 rings (SSSR count). The van der Waals surface area contributed by atoms with E-state index in [0.29, 0.717) is 6.04 Å². The second kappa shape index (κ2) is 5.31. The van der Waals surface area contributed by atoms with Crippen LogP contribution in [0.4, 0.5) is 0 Å². The van der Waals surface area contributed by atoms with Gasteiger partial charge in [0.25, 0.3) is 0 Å². The number of aliphatic hydroxyl groups excluding tert-OH is 1. The SMILES string of the molecule is CCCC1CCN([C@@H]2CCC[C@H]2O)CC1. The van der Waals surface area contributed by atoms with E-state index in [9.17, 15) is 5.11 Å². The predicted octanol–water partition coefficient (Wildman–Crippen LogP) is 2.41. The van der Waals surface area contributed by atoms with Gasteiger partial charge in [0.2, 0.25) is 0 Å².